The van der Waals surface area contributed by atoms with E-state index in [1.165, 1.54) is 6.42 Å². The SMILES string of the molecule is CC(C)(C)C(CO)NC(=O)C1CCCCC1. The monoisotopic (exact) mass is 227 g/mol. The maximum Gasteiger partial charge on any atom is 0.223 e. The summed E-state index contributed by atoms with van der Waals surface area (Å²) in [6.45, 7) is 6.13. The van der Waals surface area contributed by atoms with Gasteiger partial charge in [-0.3, -0.25) is 4.79 Å². The van der Waals surface area contributed by atoms with Crippen molar-refractivity contribution >= 4 is 5.91 Å². The Balaban J connectivity index is 2.48. The average Bonchev–Trinajstić information content (AvgIpc) is 2.25. The van der Waals surface area contributed by atoms with Crippen molar-refractivity contribution in [1.29, 1.82) is 0 Å². The summed E-state index contributed by atoms with van der Waals surface area (Å²) >= 11 is 0. The van der Waals surface area contributed by atoms with Crippen molar-refractivity contribution in [3.8, 4) is 0 Å². The number of hydrogen-bond acceptors (Lipinski definition) is 2. The highest BCUT2D eigenvalue weighted by molar-refractivity contribution is 5.79. The number of carbonyl (C=O) groups is 1. The molecule has 0 aromatic rings. The van der Waals surface area contributed by atoms with Crippen LogP contribution in [0.25, 0.3) is 0 Å². The van der Waals surface area contributed by atoms with Crippen LogP contribution in [0.3, 0.4) is 0 Å². The van der Waals surface area contributed by atoms with Gasteiger partial charge >= 0.3 is 0 Å². The fourth-order valence-electron chi connectivity index (χ4n) is 2.19. The normalized spacial score (nSPS) is 20.5. The zero-order valence-electron chi connectivity index (χ0n) is 10.8. The van der Waals surface area contributed by atoms with Crippen molar-refractivity contribution < 1.29 is 9.90 Å². The highest BCUT2D eigenvalue weighted by atomic mass is 16.3. The summed E-state index contributed by atoms with van der Waals surface area (Å²) in [6, 6.07) is -0.137. The van der Waals surface area contributed by atoms with Gasteiger partial charge in [-0.1, -0.05) is 40.0 Å². The lowest BCUT2D eigenvalue weighted by Gasteiger charge is -2.32. The Labute approximate surface area is 98.6 Å². The molecule has 16 heavy (non-hydrogen) atoms. The van der Waals surface area contributed by atoms with Gasteiger partial charge in [0, 0.05) is 5.92 Å². The molecule has 0 saturated heterocycles. The zero-order valence-corrected chi connectivity index (χ0v) is 10.8. The Morgan fingerprint density at radius 1 is 1.31 bits per heavy atom. The minimum Gasteiger partial charge on any atom is -0.394 e. The lowest BCUT2D eigenvalue weighted by atomic mass is 9.85. The minimum atomic E-state index is -0.137. The molecule has 0 heterocycles. The molecule has 0 bridgehead atoms. The predicted molar refractivity (Wildman–Crippen MR) is 65.0 cm³/mol. The van der Waals surface area contributed by atoms with Gasteiger partial charge in [0.25, 0.3) is 0 Å². The Morgan fingerprint density at radius 3 is 2.31 bits per heavy atom. The molecule has 1 aliphatic carbocycles. The van der Waals surface area contributed by atoms with E-state index in [4.69, 9.17) is 0 Å². The number of carbonyl (C=O) groups excluding carboxylic acids is 1. The number of nitrogens with one attached hydrogen (secondary N) is 1. The topological polar surface area (TPSA) is 49.3 Å². The third-order valence-electron chi connectivity index (χ3n) is 3.52. The van der Waals surface area contributed by atoms with Crippen LogP contribution in [0.5, 0.6) is 0 Å². The van der Waals surface area contributed by atoms with Crippen LogP contribution in [0.4, 0.5) is 0 Å². The highest BCUT2D eigenvalue weighted by Crippen LogP contribution is 2.25. The van der Waals surface area contributed by atoms with Crippen LogP contribution in [0, 0.1) is 11.3 Å². The van der Waals surface area contributed by atoms with Crippen LogP contribution in [-0.4, -0.2) is 23.7 Å². The Bertz CT molecular complexity index is 227. The van der Waals surface area contributed by atoms with E-state index in [9.17, 15) is 9.90 Å². The van der Waals surface area contributed by atoms with E-state index in [1.54, 1.807) is 0 Å². The lowest BCUT2D eigenvalue weighted by Crippen LogP contribution is -2.48. The molecule has 0 aromatic carbocycles. The molecule has 1 atom stereocenters. The summed E-state index contributed by atoms with van der Waals surface area (Å²) in [6.07, 6.45) is 5.60. The molecule has 0 radical (unpaired) electrons. The molecule has 1 rings (SSSR count). The molecule has 0 aromatic heterocycles. The first kappa shape index (κ1) is 13.5. The van der Waals surface area contributed by atoms with Gasteiger partial charge in [-0.05, 0) is 18.3 Å². The van der Waals surface area contributed by atoms with Crippen LogP contribution in [0.2, 0.25) is 0 Å². The molecule has 2 N–H and O–H groups in total. The van der Waals surface area contributed by atoms with Crippen molar-refractivity contribution in [2.24, 2.45) is 11.3 Å². The van der Waals surface area contributed by atoms with E-state index in [2.05, 4.69) is 5.32 Å². The summed E-state index contributed by atoms with van der Waals surface area (Å²) in [4.78, 5) is 12.0. The summed E-state index contributed by atoms with van der Waals surface area (Å²) in [7, 11) is 0. The summed E-state index contributed by atoms with van der Waals surface area (Å²) in [5, 5.41) is 12.3. The van der Waals surface area contributed by atoms with Gasteiger partial charge in [0.15, 0.2) is 0 Å². The van der Waals surface area contributed by atoms with Crippen molar-refractivity contribution in [2.45, 2.75) is 58.9 Å². The average molecular weight is 227 g/mol. The van der Waals surface area contributed by atoms with Gasteiger partial charge in [0.2, 0.25) is 5.91 Å². The number of aliphatic hydroxyl groups is 1. The highest BCUT2D eigenvalue weighted by Gasteiger charge is 2.28. The molecule has 3 heteroatoms. The van der Waals surface area contributed by atoms with Gasteiger partial charge in [-0.2, -0.15) is 0 Å². The zero-order chi connectivity index (χ0) is 12.2. The van der Waals surface area contributed by atoms with Crippen LogP contribution in [0.15, 0.2) is 0 Å². The third-order valence-corrected chi connectivity index (χ3v) is 3.52. The van der Waals surface area contributed by atoms with Crippen LogP contribution < -0.4 is 5.32 Å². The second kappa shape index (κ2) is 5.67. The van der Waals surface area contributed by atoms with Crippen LogP contribution in [0.1, 0.15) is 52.9 Å². The first-order valence-corrected chi connectivity index (χ1v) is 6.36. The maximum atomic E-state index is 12.0. The van der Waals surface area contributed by atoms with Gasteiger partial charge in [-0.25, -0.2) is 0 Å². The second-order valence-electron chi connectivity index (χ2n) is 5.94. The molecule has 1 saturated carbocycles. The van der Waals surface area contributed by atoms with Gasteiger partial charge in [0.1, 0.15) is 0 Å². The summed E-state index contributed by atoms with van der Waals surface area (Å²) < 4.78 is 0. The molecule has 0 spiro atoms. The van der Waals surface area contributed by atoms with E-state index in [-0.39, 0.29) is 29.9 Å². The Kier molecular flexibility index (Phi) is 4.78. The van der Waals surface area contributed by atoms with Gasteiger partial charge in [0.05, 0.1) is 12.6 Å². The van der Waals surface area contributed by atoms with Crippen LogP contribution >= 0.6 is 0 Å². The first-order chi connectivity index (χ1) is 7.45. The van der Waals surface area contributed by atoms with Gasteiger partial charge in [-0.15, -0.1) is 0 Å². The fourth-order valence-corrected chi connectivity index (χ4v) is 2.19. The van der Waals surface area contributed by atoms with Crippen molar-refractivity contribution in [3.05, 3.63) is 0 Å². The predicted octanol–water partition coefficient (Wildman–Crippen LogP) is 2.09. The standard InChI is InChI=1S/C13H25NO2/c1-13(2,3)11(9-15)14-12(16)10-7-5-4-6-8-10/h10-11,15H,4-9H2,1-3H3,(H,14,16). The first-order valence-electron chi connectivity index (χ1n) is 6.36. The quantitative estimate of drug-likeness (QED) is 0.775. The largest absolute Gasteiger partial charge is 0.394 e. The van der Waals surface area contributed by atoms with E-state index in [0.29, 0.717) is 0 Å². The Morgan fingerprint density at radius 2 is 1.88 bits per heavy atom. The lowest BCUT2D eigenvalue weighted by molar-refractivity contribution is -0.127. The Hall–Kier alpha value is -0.570. The molecule has 1 fully saturated rings. The second-order valence-corrected chi connectivity index (χ2v) is 5.94. The molecule has 1 unspecified atom stereocenters. The molecule has 94 valence electrons. The third kappa shape index (κ3) is 3.78. The number of amides is 1. The molecule has 1 aliphatic rings. The summed E-state index contributed by atoms with van der Waals surface area (Å²) in [5.74, 6) is 0.304. The van der Waals surface area contributed by atoms with Crippen molar-refractivity contribution in [1.82, 2.24) is 5.32 Å². The molecule has 1 amide bonds. The maximum absolute atomic E-state index is 12.0. The molecular weight excluding hydrogens is 202 g/mol. The van der Waals surface area contributed by atoms with E-state index in [1.807, 2.05) is 20.8 Å². The smallest absolute Gasteiger partial charge is 0.223 e. The number of hydrogen-bond donors (Lipinski definition) is 2. The minimum absolute atomic E-state index is 0.0158. The van der Waals surface area contributed by atoms with E-state index in [0.717, 1.165) is 25.7 Å². The van der Waals surface area contributed by atoms with E-state index < -0.39 is 0 Å². The van der Waals surface area contributed by atoms with Crippen LogP contribution in [-0.2, 0) is 4.79 Å². The molecule has 3 nitrogen and oxygen atoms in total. The molecule has 0 aliphatic heterocycles. The van der Waals surface area contributed by atoms with Gasteiger partial charge < -0.3 is 10.4 Å². The van der Waals surface area contributed by atoms with Crippen molar-refractivity contribution in [3.63, 3.8) is 0 Å². The van der Waals surface area contributed by atoms with E-state index >= 15 is 0 Å². The fraction of sp³-hybridized carbons (Fsp3) is 0.923. The molecular formula is C13H25NO2. The number of aliphatic hydroxyl groups excluding tert-OH is 1. The number of rotatable bonds is 3. The van der Waals surface area contributed by atoms with Crippen molar-refractivity contribution in [2.75, 3.05) is 6.61 Å². The summed E-state index contributed by atoms with van der Waals surface area (Å²) in [5.41, 5.74) is -0.0842.